The van der Waals surface area contributed by atoms with Gasteiger partial charge in [-0.3, -0.25) is 9.59 Å². The fourth-order valence-electron chi connectivity index (χ4n) is 4.99. The normalized spacial score (nSPS) is 14.4. The first kappa shape index (κ1) is 26.0. The molecule has 3 aromatic rings. The van der Waals surface area contributed by atoms with Gasteiger partial charge in [0.1, 0.15) is 6.04 Å². The highest BCUT2D eigenvalue weighted by Crippen LogP contribution is 2.23. The van der Waals surface area contributed by atoms with E-state index >= 15 is 0 Å². The molecular formula is C31H35ClN2O2. The van der Waals surface area contributed by atoms with Gasteiger partial charge in [-0.05, 0) is 55.0 Å². The van der Waals surface area contributed by atoms with Crippen molar-refractivity contribution < 1.29 is 9.59 Å². The molecule has 1 fully saturated rings. The molecule has 5 heteroatoms. The van der Waals surface area contributed by atoms with Crippen molar-refractivity contribution in [2.24, 2.45) is 0 Å². The maximum Gasteiger partial charge on any atom is 0.243 e. The van der Waals surface area contributed by atoms with Gasteiger partial charge < -0.3 is 10.2 Å². The van der Waals surface area contributed by atoms with E-state index in [9.17, 15) is 9.59 Å². The number of benzene rings is 3. The van der Waals surface area contributed by atoms with E-state index in [1.807, 2.05) is 74.5 Å². The van der Waals surface area contributed by atoms with E-state index in [-0.39, 0.29) is 30.8 Å². The third kappa shape index (κ3) is 6.76. The first-order chi connectivity index (χ1) is 17.4. The molecule has 1 saturated carbocycles. The van der Waals surface area contributed by atoms with Gasteiger partial charge in [-0.1, -0.05) is 96.7 Å². The molecule has 0 aromatic heterocycles. The SMILES string of the molecule is Cc1ccc(C)c(CC(=O)N(Cc2ccccc2Cl)C(Cc2ccccc2)C(=O)NC2CCCC2)c1. The lowest BCUT2D eigenvalue weighted by molar-refractivity contribution is -0.141. The number of aryl methyl sites for hydroxylation is 2. The van der Waals surface area contributed by atoms with Crippen molar-refractivity contribution in [2.75, 3.05) is 0 Å². The molecule has 1 unspecified atom stereocenters. The van der Waals surface area contributed by atoms with Crippen LogP contribution in [0.15, 0.2) is 72.8 Å². The zero-order valence-electron chi connectivity index (χ0n) is 21.2. The number of carbonyl (C=O) groups excluding carboxylic acids is 2. The van der Waals surface area contributed by atoms with Crippen molar-refractivity contribution in [2.45, 2.75) is 71.0 Å². The van der Waals surface area contributed by atoms with Crippen LogP contribution in [0.4, 0.5) is 0 Å². The lowest BCUT2D eigenvalue weighted by Crippen LogP contribution is -2.52. The summed E-state index contributed by atoms with van der Waals surface area (Å²) in [5, 5.41) is 3.85. The molecule has 1 atom stereocenters. The zero-order chi connectivity index (χ0) is 25.5. The highest BCUT2D eigenvalue weighted by Gasteiger charge is 2.32. The number of amides is 2. The molecule has 36 heavy (non-hydrogen) atoms. The van der Waals surface area contributed by atoms with Crippen molar-refractivity contribution in [3.8, 4) is 0 Å². The Labute approximate surface area is 219 Å². The van der Waals surface area contributed by atoms with Gasteiger partial charge in [-0.2, -0.15) is 0 Å². The monoisotopic (exact) mass is 502 g/mol. The van der Waals surface area contributed by atoms with Crippen LogP contribution in [-0.2, 0) is 29.0 Å². The largest absolute Gasteiger partial charge is 0.352 e. The molecular weight excluding hydrogens is 468 g/mol. The van der Waals surface area contributed by atoms with Crippen molar-refractivity contribution in [1.29, 1.82) is 0 Å². The molecule has 3 aromatic carbocycles. The van der Waals surface area contributed by atoms with Crippen molar-refractivity contribution >= 4 is 23.4 Å². The van der Waals surface area contributed by atoms with Gasteiger partial charge in [0.2, 0.25) is 11.8 Å². The fraction of sp³-hybridized carbons (Fsp3) is 0.355. The van der Waals surface area contributed by atoms with Crippen LogP contribution >= 0.6 is 11.6 Å². The Bertz CT molecular complexity index is 1190. The molecule has 0 spiro atoms. The number of carbonyl (C=O) groups is 2. The second-order valence-corrected chi connectivity index (χ2v) is 10.3. The van der Waals surface area contributed by atoms with Crippen LogP contribution in [0.3, 0.4) is 0 Å². The molecule has 0 aliphatic heterocycles. The number of nitrogens with zero attached hydrogens (tertiary/aromatic N) is 1. The second-order valence-electron chi connectivity index (χ2n) is 9.92. The number of halogens is 1. The van der Waals surface area contributed by atoms with Gasteiger partial charge in [0.25, 0.3) is 0 Å². The third-order valence-corrected chi connectivity index (χ3v) is 7.49. The first-order valence-electron chi connectivity index (χ1n) is 12.8. The highest BCUT2D eigenvalue weighted by molar-refractivity contribution is 6.31. The average molecular weight is 503 g/mol. The molecule has 1 aliphatic carbocycles. The predicted molar refractivity (Wildman–Crippen MR) is 146 cm³/mol. The second kappa shape index (κ2) is 12.2. The number of rotatable bonds is 9. The lowest BCUT2D eigenvalue weighted by atomic mass is 9.99. The van der Waals surface area contributed by atoms with Gasteiger partial charge in [-0.15, -0.1) is 0 Å². The van der Waals surface area contributed by atoms with E-state index in [0.717, 1.165) is 53.5 Å². The summed E-state index contributed by atoms with van der Waals surface area (Å²) in [4.78, 5) is 29.5. The summed E-state index contributed by atoms with van der Waals surface area (Å²) < 4.78 is 0. The van der Waals surface area contributed by atoms with Gasteiger partial charge in [0, 0.05) is 24.0 Å². The average Bonchev–Trinajstić information content (AvgIpc) is 3.38. The summed E-state index contributed by atoms with van der Waals surface area (Å²) in [6, 6.07) is 23.2. The Morgan fingerprint density at radius 3 is 2.36 bits per heavy atom. The molecule has 0 bridgehead atoms. The maximum atomic E-state index is 14.0. The van der Waals surface area contributed by atoms with E-state index < -0.39 is 6.04 Å². The van der Waals surface area contributed by atoms with Crippen LogP contribution in [0.2, 0.25) is 5.02 Å². The van der Waals surface area contributed by atoms with Crippen LogP contribution in [0.5, 0.6) is 0 Å². The molecule has 188 valence electrons. The quantitative estimate of drug-likeness (QED) is 0.379. The minimum absolute atomic E-state index is 0.0777. The minimum Gasteiger partial charge on any atom is -0.352 e. The topological polar surface area (TPSA) is 49.4 Å². The Morgan fingerprint density at radius 2 is 1.64 bits per heavy atom. The molecule has 4 nitrogen and oxygen atoms in total. The highest BCUT2D eigenvalue weighted by atomic mass is 35.5. The van der Waals surface area contributed by atoms with E-state index in [4.69, 9.17) is 11.6 Å². The van der Waals surface area contributed by atoms with Crippen molar-refractivity contribution in [3.05, 3.63) is 106 Å². The van der Waals surface area contributed by atoms with E-state index in [1.54, 1.807) is 4.90 Å². The molecule has 2 amide bonds. The van der Waals surface area contributed by atoms with E-state index in [1.165, 1.54) is 0 Å². The standard InChI is InChI=1S/C31H35ClN2O2/c1-22-16-17-23(2)26(18-22)20-30(35)34(21-25-12-6-9-15-28(25)32)29(19-24-10-4-3-5-11-24)31(36)33-27-13-7-8-14-27/h3-6,9-12,15-18,27,29H,7-8,13-14,19-21H2,1-2H3,(H,33,36). The summed E-state index contributed by atoms with van der Waals surface area (Å²) in [5.74, 6) is -0.168. The Hall–Kier alpha value is -3.11. The van der Waals surface area contributed by atoms with Crippen LogP contribution in [0.25, 0.3) is 0 Å². The van der Waals surface area contributed by atoms with Crippen LogP contribution in [0.1, 0.15) is 53.5 Å². The molecule has 0 radical (unpaired) electrons. The summed E-state index contributed by atoms with van der Waals surface area (Å²) in [5.41, 5.74) is 5.02. The van der Waals surface area contributed by atoms with Crippen LogP contribution in [0, 0.1) is 13.8 Å². The lowest BCUT2D eigenvalue weighted by Gasteiger charge is -2.33. The summed E-state index contributed by atoms with van der Waals surface area (Å²) >= 11 is 6.52. The van der Waals surface area contributed by atoms with Crippen LogP contribution < -0.4 is 5.32 Å². The van der Waals surface area contributed by atoms with Crippen LogP contribution in [-0.4, -0.2) is 28.8 Å². The third-order valence-electron chi connectivity index (χ3n) is 7.12. The van der Waals surface area contributed by atoms with Gasteiger partial charge >= 0.3 is 0 Å². The van der Waals surface area contributed by atoms with E-state index in [2.05, 4.69) is 17.4 Å². The first-order valence-corrected chi connectivity index (χ1v) is 13.2. The molecule has 0 heterocycles. The van der Waals surface area contributed by atoms with Gasteiger partial charge in [-0.25, -0.2) is 0 Å². The fourth-order valence-corrected chi connectivity index (χ4v) is 5.18. The number of hydrogen-bond donors (Lipinski definition) is 1. The number of hydrogen-bond acceptors (Lipinski definition) is 2. The van der Waals surface area contributed by atoms with Gasteiger partial charge in [0.15, 0.2) is 0 Å². The molecule has 0 saturated heterocycles. The van der Waals surface area contributed by atoms with E-state index in [0.29, 0.717) is 11.4 Å². The summed E-state index contributed by atoms with van der Waals surface area (Å²) in [7, 11) is 0. The maximum absolute atomic E-state index is 14.0. The number of nitrogens with one attached hydrogen (secondary N) is 1. The smallest absolute Gasteiger partial charge is 0.243 e. The minimum atomic E-state index is -0.637. The Morgan fingerprint density at radius 1 is 0.944 bits per heavy atom. The summed E-state index contributed by atoms with van der Waals surface area (Å²) in [6.07, 6.45) is 4.92. The van der Waals surface area contributed by atoms with Crippen molar-refractivity contribution in [3.63, 3.8) is 0 Å². The molecule has 1 N–H and O–H groups in total. The molecule has 4 rings (SSSR count). The predicted octanol–water partition coefficient (Wildman–Crippen LogP) is 6.20. The van der Waals surface area contributed by atoms with Crippen molar-refractivity contribution in [1.82, 2.24) is 10.2 Å². The Kier molecular flexibility index (Phi) is 8.82. The summed E-state index contributed by atoms with van der Waals surface area (Å²) in [6.45, 7) is 4.33. The van der Waals surface area contributed by atoms with Gasteiger partial charge in [0.05, 0.1) is 6.42 Å². The zero-order valence-corrected chi connectivity index (χ0v) is 21.9. The molecule has 1 aliphatic rings. The Balaban J connectivity index is 1.69.